The molecule has 2 rings (SSSR count). The SMILES string of the molecule is O=C(CS(=O)(=O)c1ccc(F)cc1F)N[C@@H]1CCCCNC1=O. The van der Waals surface area contributed by atoms with Crippen molar-refractivity contribution in [1.29, 1.82) is 0 Å². The first-order valence-corrected chi connectivity index (χ1v) is 8.70. The van der Waals surface area contributed by atoms with Crippen LogP contribution in [0.25, 0.3) is 0 Å². The van der Waals surface area contributed by atoms with E-state index in [0.717, 1.165) is 18.6 Å². The highest BCUT2D eigenvalue weighted by Gasteiger charge is 2.27. The lowest BCUT2D eigenvalue weighted by Gasteiger charge is -2.15. The lowest BCUT2D eigenvalue weighted by Crippen LogP contribution is -2.47. The highest BCUT2D eigenvalue weighted by atomic mass is 32.2. The molecule has 0 spiro atoms. The van der Waals surface area contributed by atoms with Crippen LogP contribution in [0.5, 0.6) is 0 Å². The standard InChI is InChI=1S/C14H16F2N2O4S/c15-9-4-5-12(10(16)7-9)23(21,22)8-13(19)18-11-3-1-2-6-17-14(11)20/h4-5,7,11H,1-3,6,8H2,(H,17,20)(H,18,19)/t11-/m1/s1. The Labute approximate surface area is 132 Å². The maximum atomic E-state index is 13.6. The number of hydrogen-bond donors (Lipinski definition) is 2. The topological polar surface area (TPSA) is 92.3 Å². The minimum atomic E-state index is -4.27. The Morgan fingerprint density at radius 2 is 2.04 bits per heavy atom. The molecule has 23 heavy (non-hydrogen) atoms. The van der Waals surface area contributed by atoms with Crippen molar-refractivity contribution in [3.63, 3.8) is 0 Å². The normalized spacial score (nSPS) is 18.9. The molecule has 126 valence electrons. The quantitative estimate of drug-likeness (QED) is 0.778. The molecular formula is C14H16F2N2O4S. The zero-order valence-corrected chi connectivity index (χ0v) is 13.0. The van der Waals surface area contributed by atoms with E-state index in [0.29, 0.717) is 25.5 Å². The minimum Gasteiger partial charge on any atom is -0.354 e. The Bertz CT molecular complexity index is 721. The lowest BCUT2D eigenvalue weighted by atomic mass is 10.1. The summed E-state index contributed by atoms with van der Waals surface area (Å²) in [6.07, 6.45) is 1.89. The average molecular weight is 346 g/mol. The smallest absolute Gasteiger partial charge is 0.242 e. The van der Waals surface area contributed by atoms with E-state index in [1.807, 2.05) is 0 Å². The second-order valence-electron chi connectivity index (χ2n) is 5.24. The second-order valence-corrected chi connectivity index (χ2v) is 7.20. The van der Waals surface area contributed by atoms with Crippen LogP contribution in [0, 0.1) is 11.6 Å². The molecule has 6 nitrogen and oxygen atoms in total. The predicted molar refractivity (Wildman–Crippen MR) is 77.2 cm³/mol. The van der Waals surface area contributed by atoms with E-state index >= 15 is 0 Å². The second kappa shape index (κ2) is 7.03. The fourth-order valence-corrected chi connectivity index (χ4v) is 3.51. The number of benzene rings is 1. The molecule has 2 amide bonds. The lowest BCUT2D eigenvalue weighted by molar-refractivity contribution is -0.127. The average Bonchev–Trinajstić information content (AvgIpc) is 2.63. The monoisotopic (exact) mass is 346 g/mol. The zero-order chi connectivity index (χ0) is 17.0. The van der Waals surface area contributed by atoms with E-state index in [-0.39, 0.29) is 5.91 Å². The van der Waals surface area contributed by atoms with Crippen LogP contribution in [0.4, 0.5) is 8.78 Å². The van der Waals surface area contributed by atoms with Crippen LogP contribution < -0.4 is 10.6 Å². The van der Waals surface area contributed by atoms with Crippen molar-refractivity contribution in [2.24, 2.45) is 0 Å². The Balaban J connectivity index is 2.07. The van der Waals surface area contributed by atoms with Gasteiger partial charge >= 0.3 is 0 Å². The maximum Gasteiger partial charge on any atom is 0.242 e. The summed E-state index contributed by atoms with van der Waals surface area (Å²) in [6, 6.07) is 1.19. The van der Waals surface area contributed by atoms with Crippen molar-refractivity contribution in [3.8, 4) is 0 Å². The fraction of sp³-hybridized carbons (Fsp3) is 0.429. The van der Waals surface area contributed by atoms with Gasteiger partial charge in [-0.1, -0.05) is 0 Å². The van der Waals surface area contributed by atoms with Crippen molar-refractivity contribution in [1.82, 2.24) is 10.6 Å². The van der Waals surface area contributed by atoms with Crippen molar-refractivity contribution in [2.45, 2.75) is 30.2 Å². The van der Waals surface area contributed by atoms with Gasteiger partial charge in [-0.2, -0.15) is 0 Å². The molecular weight excluding hydrogens is 330 g/mol. The van der Waals surface area contributed by atoms with Gasteiger partial charge in [0, 0.05) is 12.6 Å². The van der Waals surface area contributed by atoms with Gasteiger partial charge < -0.3 is 10.6 Å². The summed E-state index contributed by atoms with van der Waals surface area (Å²) in [5.41, 5.74) is 0. The van der Waals surface area contributed by atoms with Crippen LogP contribution in [0.15, 0.2) is 23.1 Å². The van der Waals surface area contributed by atoms with Crippen molar-refractivity contribution < 1.29 is 26.8 Å². The van der Waals surface area contributed by atoms with Gasteiger partial charge in [0.15, 0.2) is 9.84 Å². The molecule has 1 aliphatic heterocycles. The molecule has 1 atom stereocenters. The van der Waals surface area contributed by atoms with Gasteiger partial charge in [0.25, 0.3) is 0 Å². The van der Waals surface area contributed by atoms with E-state index in [4.69, 9.17) is 0 Å². The molecule has 0 aromatic heterocycles. The maximum absolute atomic E-state index is 13.6. The van der Waals surface area contributed by atoms with Gasteiger partial charge in [0.05, 0.1) is 0 Å². The summed E-state index contributed by atoms with van der Waals surface area (Å²) < 4.78 is 50.5. The van der Waals surface area contributed by atoms with E-state index in [1.54, 1.807) is 0 Å². The molecule has 1 heterocycles. The van der Waals surface area contributed by atoms with Crippen LogP contribution in [0.1, 0.15) is 19.3 Å². The summed E-state index contributed by atoms with van der Waals surface area (Å²) >= 11 is 0. The summed E-state index contributed by atoms with van der Waals surface area (Å²) in [6.45, 7) is 0.504. The van der Waals surface area contributed by atoms with Gasteiger partial charge in [-0.3, -0.25) is 9.59 Å². The first-order chi connectivity index (χ1) is 10.8. The summed E-state index contributed by atoms with van der Waals surface area (Å²) in [7, 11) is -4.27. The fourth-order valence-electron chi connectivity index (χ4n) is 2.29. The number of rotatable bonds is 4. The first-order valence-electron chi connectivity index (χ1n) is 7.04. The third-order valence-electron chi connectivity index (χ3n) is 3.42. The third-order valence-corrected chi connectivity index (χ3v) is 5.06. The van der Waals surface area contributed by atoms with Crippen molar-refractivity contribution in [2.75, 3.05) is 12.3 Å². The van der Waals surface area contributed by atoms with Gasteiger partial charge in [0.1, 0.15) is 28.3 Å². The molecule has 0 bridgehead atoms. The Hall–Kier alpha value is -2.03. The molecule has 0 radical (unpaired) electrons. The zero-order valence-electron chi connectivity index (χ0n) is 12.1. The first kappa shape index (κ1) is 17.3. The Kier molecular flexibility index (Phi) is 5.30. The molecule has 0 saturated carbocycles. The van der Waals surface area contributed by atoms with Crippen LogP contribution in [0.2, 0.25) is 0 Å². The van der Waals surface area contributed by atoms with E-state index in [2.05, 4.69) is 10.6 Å². The van der Waals surface area contributed by atoms with E-state index < -0.39 is 44.1 Å². The van der Waals surface area contributed by atoms with Crippen LogP contribution >= 0.6 is 0 Å². The third kappa shape index (κ3) is 4.47. The van der Waals surface area contributed by atoms with Gasteiger partial charge in [0.2, 0.25) is 11.8 Å². The predicted octanol–water partition coefficient (Wildman–Crippen LogP) is 0.523. The molecule has 9 heteroatoms. The molecule has 2 N–H and O–H groups in total. The summed E-state index contributed by atoms with van der Waals surface area (Å²) in [4.78, 5) is 22.8. The molecule has 1 aromatic rings. The van der Waals surface area contributed by atoms with Crippen LogP contribution in [-0.4, -0.2) is 38.6 Å². The molecule has 0 unspecified atom stereocenters. The Morgan fingerprint density at radius 3 is 2.74 bits per heavy atom. The van der Waals surface area contributed by atoms with Crippen LogP contribution in [0.3, 0.4) is 0 Å². The molecule has 1 aromatic carbocycles. The van der Waals surface area contributed by atoms with E-state index in [9.17, 15) is 26.8 Å². The van der Waals surface area contributed by atoms with Crippen molar-refractivity contribution >= 4 is 21.7 Å². The van der Waals surface area contributed by atoms with Gasteiger partial charge in [-0.25, -0.2) is 17.2 Å². The van der Waals surface area contributed by atoms with Gasteiger partial charge in [-0.05, 0) is 31.4 Å². The van der Waals surface area contributed by atoms with Crippen LogP contribution in [-0.2, 0) is 19.4 Å². The summed E-state index contributed by atoms with van der Waals surface area (Å²) in [5.74, 6) is -4.47. The van der Waals surface area contributed by atoms with E-state index in [1.165, 1.54) is 0 Å². The Morgan fingerprint density at radius 1 is 1.30 bits per heavy atom. The highest BCUT2D eigenvalue weighted by Crippen LogP contribution is 2.17. The van der Waals surface area contributed by atoms with Crippen molar-refractivity contribution in [3.05, 3.63) is 29.8 Å². The minimum absolute atomic E-state index is 0.374. The molecule has 1 fully saturated rings. The number of sulfone groups is 1. The number of carbonyl (C=O) groups excluding carboxylic acids is 2. The largest absolute Gasteiger partial charge is 0.354 e. The molecule has 1 aliphatic rings. The number of carbonyl (C=O) groups is 2. The number of halogens is 2. The highest BCUT2D eigenvalue weighted by molar-refractivity contribution is 7.92. The molecule has 0 aliphatic carbocycles. The van der Waals surface area contributed by atoms with Gasteiger partial charge in [-0.15, -0.1) is 0 Å². The number of hydrogen-bond acceptors (Lipinski definition) is 4. The number of amides is 2. The molecule has 1 saturated heterocycles. The summed E-state index contributed by atoms with van der Waals surface area (Å²) in [5, 5.41) is 4.94. The number of nitrogens with one attached hydrogen (secondary N) is 2.